The molecule has 7 heteroatoms. The number of hydrogen-bond acceptors (Lipinski definition) is 3. The number of benzene rings is 1. The topological polar surface area (TPSA) is 63.2 Å². The van der Waals surface area contributed by atoms with Crippen LogP contribution in [0.3, 0.4) is 0 Å². The Morgan fingerprint density at radius 2 is 1.88 bits per heavy atom. The van der Waals surface area contributed by atoms with Crippen LogP contribution in [0.2, 0.25) is 0 Å². The van der Waals surface area contributed by atoms with E-state index < -0.39 is 31.1 Å². The van der Waals surface area contributed by atoms with Gasteiger partial charge in [-0.05, 0) is 31.0 Å². The maximum Gasteiger partial charge on any atom is 0.393 e. The number of aryl methyl sites for hydroxylation is 1. The molecule has 0 aliphatic rings. The standard InChI is InChI=1S/C9H10F3O3P/c1-6-3-2-4-8(16(13,14)15)7(6)5-9(10,11)12/h2-4H,5H2,1H3,(H2,13,14,15)/p-2. The first-order chi connectivity index (χ1) is 7.11. The Kier molecular flexibility index (Phi) is 3.47. The third-order valence-electron chi connectivity index (χ3n) is 2.06. The highest BCUT2D eigenvalue weighted by Crippen LogP contribution is 2.30. The van der Waals surface area contributed by atoms with Gasteiger partial charge in [0.25, 0.3) is 0 Å². The van der Waals surface area contributed by atoms with Crippen LogP contribution in [-0.2, 0) is 11.0 Å². The lowest BCUT2D eigenvalue weighted by Gasteiger charge is -2.32. The van der Waals surface area contributed by atoms with E-state index in [9.17, 15) is 27.5 Å². The molecule has 0 aliphatic carbocycles. The molecule has 0 radical (unpaired) electrons. The molecule has 1 rings (SSSR count). The first-order valence-corrected chi connectivity index (χ1v) is 5.83. The van der Waals surface area contributed by atoms with Crippen LogP contribution < -0.4 is 15.1 Å². The molecule has 0 heterocycles. The summed E-state index contributed by atoms with van der Waals surface area (Å²) in [5.74, 6) is 0. The summed E-state index contributed by atoms with van der Waals surface area (Å²) in [6.07, 6.45) is -5.96. The first-order valence-electron chi connectivity index (χ1n) is 4.29. The normalized spacial score (nSPS) is 12.9. The van der Waals surface area contributed by atoms with Gasteiger partial charge in [0.05, 0.1) is 6.42 Å². The fraction of sp³-hybridized carbons (Fsp3) is 0.333. The molecule has 0 N–H and O–H groups in total. The molecule has 0 fully saturated rings. The molecule has 0 saturated carbocycles. The maximum absolute atomic E-state index is 12.2. The highest BCUT2D eigenvalue weighted by Gasteiger charge is 2.30. The maximum atomic E-state index is 12.2. The van der Waals surface area contributed by atoms with Crippen molar-refractivity contribution in [2.45, 2.75) is 19.5 Å². The van der Waals surface area contributed by atoms with Crippen molar-refractivity contribution in [1.29, 1.82) is 0 Å². The number of hydrogen-bond donors (Lipinski definition) is 0. The Morgan fingerprint density at radius 1 is 1.31 bits per heavy atom. The van der Waals surface area contributed by atoms with Gasteiger partial charge in [0.2, 0.25) is 0 Å². The molecule has 1 aromatic carbocycles. The predicted molar refractivity (Wildman–Crippen MR) is 48.2 cm³/mol. The van der Waals surface area contributed by atoms with Crippen molar-refractivity contribution in [3.8, 4) is 0 Å². The van der Waals surface area contributed by atoms with Gasteiger partial charge < -0.3 is 14.4 Å². The van der Waals surface area contributed by atoms with E-state index in [1.165, 1.54) is 19.1 Å². The summed E-state index contributed by atoms with van der Waals surface area (Å²) >= 11 is 0. The van der Waals surface area contributed by atoms with Gasteiger partial charge in [-0.1, -0.05) is 18.2 Å². The van der Waals surface area contributed by atoms with Crippen molar-refractivity contribution in [3.63, 3.8) is 0 Å². The molecule has 1 aromatic rings. The lowest BCUT2D eigenvalue weighted by Crippen LogP contribution is -2.30. The smallest absolute Gasteiger partial charge is 0.393 e. The van der Waals surface area contributed by atoms with E-state index in [0.29, 0.717) is 0 Å². The lowest BCUT2D eigenvalue weighted by atomic mass is 10.1. The van der Waals surface area contributed by atoms with Crippen LogP contribution in [0.5, 0.6) is 0 Å². The van der Waals surface area contributed by atoms with Gasteiger partial charge in [-0.2, -0.15) is 13.2 Å². The van der Waals surface area contributed by atoms with E-state index in [2.05, 4.69) is 0 Å². The number of alkyl halides is 3. The van der Waals surface area contributed by atoms with Crippen LogP contribution in [0.25, 0.3) is 0 Å². The first kappa shape index (κ1) is 13.2. The van der Waals surface area contributed by atoms with Crippen LogP contribution in [0.1, 0.15) is 11.1 Å². The van der Waals surface area contributed by atoms with Crippen molar-refractivity contribution >= 4 is 12.9 Å². The summed E-state index contributed by atoms with van der Waals surface area (Å²) < 4.78 is 47.4. The molecule has 0 atom stereocenters. The summed E-state index contributed by atoms with van der Waals surface area (Å²) in [4.78, 5) is 21.6. The van der Waals surface area contributed by atoms with E-state index in [-0.39, 0.29) is 5.56 Å². The van der Waals surface area contributed by atoms with Crippen LogP contribution in [-0.4, -0.2) is 6.18 Å². The van der Waals surface area contributed by atoms with E-state index >= 15 is 0 Å². The third kappa shape index (κ3) is 3.33. The Labute approximate surface area is 90.1 Å². The second kappa shape index (κ2) is 4.20. The molecule has 0 bridgehead atoms. The summed E-state index contributed by atoms with van der Waals surface area (Å²) in [6.45, 7) is 1.33. The van der Waals surface area contributed by atoms with E-state index in [1.807, 2.05) is 0 Å². The van der Waals surface area contributed by atoms with Gasteiger partial charge in [0.1, 0.15) is 0 Å². The van der Waals surface area contributed by atoms with Crippen molar-refractivity contribution in [2.24, 2.45) is 0 Å². The quantitative estimate of drug-likeness (QED) is 0.725. The molecule has 0 saturated heterocycles. The SMILES string of the molecule is Cc1cccc(P(=O)([O-])[O-])c1CC(F)(F)F. The lowest BCUT2D eigenvalue weighted by molar-refractivity contribution is -0.308. The summed E-state index contributed by atoms with van der Waals surface area (Å²) in [5.41, 5.74) is -0.329. The zero-order chi connectivity index (χ0) is 12.6. The average molecular weight is 252 g/mol. The van der Waals surface area contributed by atoms with Crippen LogP contribution >= 0.6 is 7.60 Å². The molecular weight excluding hydrogens is 244 g/mol. The van der Waals surface area contributed by atoms with Gasteiger partial charge in [-0.25, -0.2) is 0 Å². The van der Waals surface area contributed by atoms with E-state index in [1.54, 1.807) is 0 Å². The van der Waals surface area contributed by atoms with Crippen molar-refractivity contribution in [1.82, 2.24) is 0 Å². The van der Waals surface area contributed by atoms with Gasteiger partial charge in [-0.15, -0.1) is 0 Å². The minimum atomic E-state index is -5.17. The van der Waals surface area contributed by atoms with Crippen molar-refractivity contribution < 1.29 is 27.5 Å². The molecule has 0 spiro atoms. The van der Waals surface area contributed by atoms with Crippen LogP contribution in [0.4, 0.5) is 13.2 Å². The second-order valence-corrected chi connectivity index (χ2v) is 4.84. The highest BCUT2D eigenvalue weighted by atomic mass is 31.2. The zero-order valence-corrected chi connectivity index (χ0v) is 9.14. The minimum absolute atomic E-state index is 0.141. The average Bonchev–Trinajstić information content (AvgIpc) is 2.04. The Hall–Kier alpha value is -0.840. The second-order valence-electron chi connectivity index (χ2n) is 3.36. The molecule has 0 unspecified atom stereocenters. The third-order valence-corrected chi connectivity index (χ3v) is 3.07. The Morgan fingerprint density at radius 3 is 2.31 bits per heavy atom. The fourth-order valence-electron chi connectivity index (χ4n) is 1.37. The van der Waals surface area contributed by atoms with E-state index in [0.717, 1.165) is 6.07 Å². The van der Waals surface area contributed by atoms with Crippen molar-refractivity contribution in [2.75, 3.05) is 0 Å². The largest absolute Gasteiger partial charge is 0.807 e. The molecule has 0 aromatic heterocycles. The molecule has 0 amide bonds. The minimum Gasteiger partial charge on any atom is -0.807 e. The van der Waals surface area contributed by atoms with E-state index in [4.69, 9.17) is 0 Å². The fourth-order valence-corrected chi connectivity index (χ4v) is 2.23. The Balaban J connectivity index is 3.31. The summed E-state index contributed by atoms with van der Waals surface area (Å²) in [5, 5.41) is -0.773. The predicted octanol–water partition coefficient (Wildman–Crippen LogP) is 0.639. The van der Waals surface area contributed by atoms with Gasteiger partial charge in [0, 0.05) is 0 Å². The summed E-state index contributed by atoms with van der Waals surface area (Å²) in [6, 6.07) is 3.47. The van der Waals surface area contributed by atoms with Gasteiger partial charge >= 0.3 is 6.18 Å². The zero-order valence-electron chi connectivity index (χ0n) is 8.25. The molecule has 0 aliphatic heterocycles. The number of halogens is 3. The van der Waals surface area contributed by atoms with Gasteiger partial charge in [-0.3, -0.25) is 0 Å². The molecular formula is C9H8F3O3P-2. The number of rotatable bonds is 2. The van der Waals surface area contributed by atoms with Gasteiger partial charge in [0.15, 0.2) is 0 Å². The highest BCUT2D eigenvalue weighted by molar-refractivity contribution is 7.57. The van der Waals surface area contributed by atoms with Crippen LogP contribution in [0.15, 0.2) is 18.2 Å². The van der Waals surface area contributed by atoms with Crippen LogP contribution in [0, 0.1) is 6.92 Å². The Bertz CT molecular complexity index is 436. The summed E-state index contributed by atoms with van der Waals surface area (Å²) in [7, 11) is -5.17. The van der Waals surface area contributed by atoms with Crippen molar-refractivity contribution in [3.05, 3.63) is 29.3 Å². The molecule has 3 nitrogen and oxygen atoms in total. The molecule has 16 heavy (non-hydrogen) atoms. The monoisotopic (exact) mass is 252 g/mol. The molecule has 90 valence electrons.